The fourth-order valence-electron chi connectivity index (χ4n) is 1.56. The number of rotatable bonds is 3. The third-order valence-corrected chi connectivity index (χ3v) is 2.54. The van der Waals surface area contributed by atoms with Gasteiger partial charge in [-0.3, -0.25) is 4.98 Å². The highest BCUT2D eigenvalue weighted by Crippen LogP contribution is 2.19. The van der Waals surface area contributed by atoms with Crippen LogP contribution in [0.1, 0.15) is 21.6 Å². The standard InChI is InChI=1S/C15H12FNO2/c1-19-15(18)12-7-5-11(6-8-12)14(16)10-13-4-2-3-9-17-13/h2-10H,1H3/b14-10+. The van der Waals surface area contributed by atoms with Gasteiger partial charge < -0.3 is 4.74 Å². The van der Waals surface area contributed by atoms with Gasteiger partial charge in [0.05, 0.1) is 18.4 Å². The normalized spacial score (nSPS) is 11.2. The van der Waals surface area contributed by atoms with Gasteiger partial charge in [0.15, 0.2) is 0 Å². The number of benzene rings is 1. The summed E-state index contributed by atoms with van der Waals surface area (Å²) in [5.74, 6) is -0.851. The summed E-state index contributed by atoms with van der Waals surface area (Å²) in [6.45, 7) is 0. The van der Waals surface area contributed by atoms with Gasteiger partial charge in [0.1, 0.15) is 5.83 Å². The topological polar surface area (TPSA) is 39.2 Å². The Hall–Kier alpha value is -2.49. The van der Waals surface area contributed by atoms with Crippen molar-refractivity contribution in [1.82, 2.24) is 4.98 Å². The first-order valence-electron chi connectivity index (χ1n) is 5.67. The zero-order chi connectivity index (χ0) is 13.7. The number of halogens is 1. The quantitative estimate of drug-likeness (QED) is 0.792. The summed E-state index contributed by atoms with van der Waals surface area (Å²) in [5.41, 5.74) is 1.31. The van der Waals surface area contributed by atoms with Crippen LogP contribution in [-0.4, -0.2) is 18.1 Å². The number of pyridine rings is 1. The van der Waals surface area contributed by atoms with Gasteiger partial charge in [0, 0.05) is 17.8 Å². The number of hydrogen-bond acceptors (Lipinski definition) is 3. The van der Waals surface area contributed by atoms with Crippen LogP contribution in [0.15, 0.2) is 48.7 Å². The van der Waals surface area contributed by atoms with Crippen molar-refractivity contribution in [3.8, 4) is 0 Å². The van der Waals surface area contributed by atoms with Gasteiger partial charge >= 0.3 is 5.97 Å². The van der Waals surface area contributed by atoms with Crippen molar-refractivity contribution < 1.29 is 13.9 Å². The number of hydrogen-bond donors (Lipinski definition) is 0. The number of aromatic nitrogens is 1. The second-order valence-corrected chi connectivity index (χ2v) is 3.82. The van der Waals surface area contributed by atoms with Crippen LogP contribution in [0.4, 0.5) is 4.39 Å². The number of methoxy groups -OCH3 is 1. The predicted molar refractivity (Wildman–Crippen MR) is 71.0 cm³/mol. The maximum absolute atomic E-state index is 13.9. The zero-order valence-electron chi connectivity index (χ0n) is 10.3. The van der Waals surface area contributed by atoms with Crippen LogP contribution in [-0.2, 0) is 4.74 Å². The molecule has 0 aliphatic carbocycles. The van der Waals surface area contributed by atoms with Gasteiger partial charge in [-0.15, -0.1) is 0 Å². The number of nitrogens with zero attached hydrogens (tertiary/aromatic N) is 1. The van der Waals surface area contributed by atoms with Gasteiger partial charge in [-0.05, 0) is 24.3 Å². The Morgan fingerprint density at radius 1 is 1.16 bits per heavy atom. The summed E-state index contributed by atoms with van der Waals surface area (Å²) in [6, 6.07) is 11.4. The molecule has 96 valence electrons. The van der Waals surface area contributed by atoms with E-state index in [0.29, 0.717) is 16.8 Å². The Bertz CT molecular complexity index is 591. The number of carbonyl (C=O) groups is 1. The summed E-state index contributed by atoms with van der Waals surface area (Å²) < 4.78 is 18.5. The molecule has 2 rings (SSSR count). The van der Waals surface area contributed by atoms with Gasteiger partial charge in [-0.2, -0.15) is 0 Å². The van der Waals surface area contributed by atoms with Crippen molar-refractivity contribution in [2.75, 3.05) is 7.11 Å². The van der Waals surface area contributed by atoms with Crippen LogP contribution in [0.2, 0.25) is 0 Å². The largest absolute Gasteiger partial charge is 0.465 e. The maximum Gasteiger partial charge on any atom is 0.337 e. The van der Waals surface area contributed by atoms with E-state index in [4.69, 9.17) is 0 Å². The summed E-state index contributed by atoms with van der Waals surface area (Å²) >= 11 is 0. The van der Waals surface area contributed by atoms with Crippen LogP contribution >= 0.6 is 0 Å². The molecule has 0 saturated heterocycles. The van der Waals surface area contributed by atoms with E-state index in [1.165, 1.54) is 37.5 Å². The molecule has 0 spiro atoms. The second-order valence-electron chi connectivity index (χ2n) is 3.82. The SMILES string of the molecule is COC(=O)c1ccc(/C(F)=C\c2ccccn2)cc1. The van der Waals surface area contributed by atoms with Gasteiger partial charge in [-0.25, -0.2) is 9.18 Å². The Morgan fingerprint density at radius 2 is 1.84 bits per heavy atom. The van der Waals surface area contributed by atoms with E-state index in [1.54, 1.807) is 24.4 Å². The molecule has 4 heteroatoms. The molecule has 3 nitrogen and oxygen atoms in total. The average molecular weight is 257 g/mol. The van der Waals surface area contributed by atoms with E-state index in [-0.39, 0.29) is 0 Å². The highest BCUT2D eigenvalue weighted by atomic mass is 19.1. The molecule has 0 atom stereocenters. The first-order valence-corrected chi connectivity index (χ1v) is 5.67. The molecule has 1 aromatic carbocycles. The van der Waals surface area contributed by atoms with Crippen molar-refractivity contribution in [3.05, 3.63) is 65.5 Å². The van der Waals surface area contributed by atoms with Crippen molar-refractivity contribution in [1.29, 1.82) is 0 Å². The van der Waals surface area contributed by atoms with Gasteiger partial charge in [0.25, 0.3) is 0 Å². The zero-order valence-corrected chi connectivity index (χ0v) is 10.3. The summed E-state index contributed by atoms with van der Waals surface area (Å²) in [4.78, 5) is 15.3. The van der Waals surface area contributed by atoms with Gasteiger partial charge in [0.2, 0.25) is 0 Å². The molecular formula is C15H12FNO2. The lowest BCUT2D eigenvalue weighted by Gasteiger charge is -2.01. The Labute approximate surface area is 110 Å². The molecule has 0 amide bonds. The summed E-state index contributed by atoms with van der Waals surface area (Å²) in [6.07, 6.45) is 2.94. The molecule has 0 N–H and O–H groups in total. The maximum atomic E-state index is 13.9. The minimum atomic E-state index is -0.444. The molecule has 0 bridgehead atoms. The van der Waals surface area contributed by atoms with Crippen LogP contribution in [0.3, 0.4) is 0 Å². The fraction of sp³-hybridized carbons (Fsp3) is 0.0667. The fourth-order valence-corrected chi connectivity index (χ4v) is 1.56. The average Bonchev–Trinajstić information content (AvgIpc) is 2.47. The van der Waals surface area contributed by atoms with Gasteiger partial charge in [-0.1, -0.05) is 18.2 Å². The molecule has 0 aliphatic heterocycles. The second kappa shape index (κ2) is 5.91. The molecular weight excluding hydrogens is 245 g/mol. The van der Waals surface area contributed by atoms with Crippen LogP contribution < -0.4 is 0 Å². The highest BCUT2D eigenvalue weighted by Gasteiger charge is 2.06. The van der Waals surface area contributed by atoms with Crippen molar-refractivity contribution in [3.63, 3.8) is 0 Å². The Balaban J connectivity index is 2.23. The van der Waals surface area contributed by atoms with Crippen LogP contribution in [0, 0.1) is 0 Å². The molecule has 0 fully saturated rings. The number of carbonyl (C=O) groups excluding carboxylic acids is 1. The van der Waals surface area contributed by atoms with E-state index >= 15 is 0 Å². The first-order chi connectivity index (χ1) is 9.20. The van der Waals surface area contributed by atoms with E-state index < -0.39 is 11.8 Å². The van der Waals surface area contributed by atoms with E-state index in [1.807, 2.05) is 0 Å². The molecule has 0 radical (unpaired) electrons. The number of ether oxygens (including phenoxy) is 1. The molecule has 0 saturated carbocycles. The van der Waals surface area contributed by atoms with Crippen LogP contribution in [0.5, 0.6) is 0 Å². The molecule has 0 aliphatic rings. The molecule has 1 heterocycles. The molecule has 2 aromatic rings. The van der Waals surface area contributed by atoms with E-state index in [0.717, 1.165) is 0 Å². The third-order valence-electron chi connectivity index (χ3n) is 2.54. The smallest absolute Gasteiger partial charge is 0.337 e. The minimum Gasteiger partial charge on any atom is -0.465 e. The number of esters is 1. The highest BCUT2D eigenvalue weighted by molar-refractivity contribution is 5.90. The summed E-state index contributed by atoms with van der Waals surface area (Å²) in [7, 11) is 1.30. The third kappa shape index (κ3) is 3.25. The molecule has 0 unspecified atom stereocenters. The first kappa shape index (κ1) is 13.0. The lowest BCUT2D eigenvalue weighted by atomic mass is 10.1. The van der Waals surface area contributed by atoms with Crippen molar-refractivity contribution in [2.24, 2.45) is 0 Å². The lowest BCUT2D eigenvalue weighted by molar-refractivity contribution is 0.0600. The monoisotopic (exact) mass is 257 g/mol. The van der Waals surface area contributed by atoms with E-state index in [9.17, 15) is 9.18 Å². The Morgan fingerprint density at radius 3 is 2.42 bits per heavy atom. The molecule has 1 aromatic heterocycles. The lowest BCUT2D eigenvalue weighted by Crippen LogP contribution is -2.00. The van der Waals surface area contributed by atoms with Crippen molar-refractivity contribution in [2.45, 2.75) is 0 Å². The van der Waals surface area contributed by atoms with Crippen LogP contribution in [0.25, 0.3) is 11.9 Å². The Kier molecular flexibility index (Phi) is 4.03. The van der Waals surface area contributed by atoms with Crippen molar-refractivity contribution >= 4 is 17.9 Å². The predicted octanol–water partition coefficient (Wildman–Crippen LogP) is 3.34. The van der Waals surface area contributed by atoms with E-state index in [2.05, 4.69) is 9.72 Å². The molecule has 19 heavy (non-hydrogen) atoms. The minimum absolute atomic E-state index is 0.386. The summed E-state index contributed by atoms with van der Waals surface area (Å²) in [5, 5.41) is 0.